The fraction of sp³-hybridized carbons (Fsp3) is 0.0952. The highest BCUT2D eigenvalue weighted by Crippen LogP contribution is 2.35. The molecule has 0 spiro atoms. The van der Waals surface area contributed by atoms with E-state index in [1.165, 1.54) is 0 Å². The molecule has 0 amide bonds. The van der Waals surface area contributed by atoms with Crippen LogP contribution in [-0.2, 0) is 0 Å². The van der Waals surface area contributed by atoms with E-state index in [-0.39, 0.29) is 12.2 Å². The highest BCUT2D eigenvalue weighted by Gasteiger charge is 2.27. The third-order valence-corrected chi connectivity index (χ3v) is 4.44. The maximum absolute atomic E-state index is 6.30. The first-order valence-corrected chi connectivity index (χ1v) is 8.05. The summed E-state index contributed by atoms with van der Waals surface area (Å²) >= 11 is 0. The standard InChI is InChI=1S/C21H15NO2/c1-4-8-18-14(5-1)9-11-19(23-18)20-12-10-15-13-22-17-7-3-2-6-16(17)21(15)24-20/h1-13,19-20H. The number of hydrogen-bond acceptors (Lipinski definition) is 3. The number of benzene rings is 2. The number of nitrogens with zero attached hydrogens (tertiary/aromatic N) is 1. The largest absolute Gasteiger partial charge is 0.481 e. The molecule has 3 nitrogen and oxygen atoms in total. The third-order valence-electron chi connectivity index (χ3n) is 4.44. The number of aromatic nitrogens is 1. The molecule has 0 radical (unpaired) electrons. The molecular weight excluding hydrogens is 298 g/mol. The second kappa shape index (κ2) is 5.24. The van der Waals surface area contributed by atoms with Gasteiger partial charge >= 0.3 is 0 Å². The van der Waals surface area contributed by atoms with Crippen LogP contribution >= 0.6 is 0 Å². The number of para-hydroxylation sites is 2. The number of ether oxygens (including phenoxy) is 2. The zero-order chi connectivity index (χ0) is 15.9. The second-order valence-electron chi connectivity index (χ2n) is 5.98. The predicted octanol–water partition coefficient (Wildman–Crippen LogP) is 4.48. The molecule has 5 rings (SSSR count). The van der Waals surface area contributed by atoms with Crippen molar-refractivity contribution in [1.29, 1.82) is 0 Å². The highest BCUT2D eigenvalue weighted by atomic mass is 16.5. The summed E-state index contributed by atoms with van der Waals surface area (Å²) in [6.07, 6.45) is 9.83. The van der Waals surface area contributed by atoms with E-state index < -0.39 is 0 Å². The molecule has 3 aromatic rings. The van der Waals surface area contributed by atoms with Gasteiger partial charge < -0.3 is 9.47 Å². The summed E-state index contributed by atoms with van der Waals surface area (Å²) in [6.45, 7) is 0. The van der Waals surface area contributed by atoms with Gasteiger partial charge in [-0.2, -0.15) is 0 Å². The van der Waals surface area contributed by atoms with Gasteiger partial charge in [-0.05, 0) is 36.4 Å². The molecule has 0 N–H and O–H groups in total. The molecule has 0 aliphatic carbocycles. The van der Waals surface area contributed by atoms with E-state index in [1.54, 1.807) is 0 Å². The lowest BCUT2D eigenvalue weighted by molar-refractivity contribution is 0.113. The average molecular weight is 313 g/mol. The van der Waals surface area contributed by atoms with Gasteiger partial charge in [0, 0.05) is 22.7 Å². The van der Waals surface area contributed by atoms with Gasteiger partial charge in [0.15, 0.2) is 12.2 Å². The molecule has 2 aromatic carbocycles. The van der Waals surface area contributed by atoms with Gasteiger partial charge in [-0.25, -0.2) is 0 Å². The molecule has 2 unspecified atom stereocenters. The molecule has 0 saturated carbocycles. The molecule has 116 valence electrons. The Morgan fingerprint density at radius 1 is 0.750 bits per heavy atom. The lowest BCUT2D eigenvalue weighted by Crippen LogP contribution is -2.35. The van der Waals surface area contributed by atoms with Crippen molar-refractivity contribution >= 4 is 23.1 Å². The first-order chi connectivity index (χ1) is 11.9. The van der Waals surface area contributed by atoms with Gasteiger partial charge in [0.05, 0.1) is 5.52 Å². The molecule has 3 heterocycles. The lowest BCUT2D eigenvalue weighted by atomic mass is 10.0. The van der Waals surface area contributed by atoms with Crippen LogP contribution in [0.15, 0.2) is 66.9 Å². The molecular formula is C21H15NO2. The van der Waals surface area contributed by atoms with Crippen LogP contribution in [-0.4, -0.2) is 17.2 Å². The molecule has 2 atom stereocenters. The maximum Gasteiger partial charge on any atom is 0.158 e. The van der Waals surface area contributed by atoms with E-state index in [2.05, 4.69) is 23.2 Å². The first kappa shape index (κ1) is 13.4. The third kappa shape index (κ3) is 2.09. The molecule has 0 bridgehead atoms. The number of pyridine rings is 1. The van der Waals surface area contributed by atoms with E-state index in [4.69, 9.17) is 9.47 Å². The molecule has 0 fully saturated rings. The van der Waals surface area contributed by atoms with Crippen molar-refractivity contribution in [1.82, 2.24) is 4.98 Å². The highest BCUT2D eigenvalue weighted by molar-refractivity contribution is 5.89. The van der Waals surface area contributed by atoms with E-state index >= 15 is 0 Å². The Labute approximate surface area is 139 Å². The van der Waals surface area contributed by atoms with E-state index in [9.17, 15) is 0 Å². The van der Waals surface area contributed by atoms with Crippen LogP contribution < -0.4 is 9.47 Å². The number of hydrogen-bond donors (Lipinski definition) is 0. The molecule has 3 heteroatoms. The summed E-state index contributed by atoms with van der Waals surface area (Å²) < 4.78 is 12.4. The minimum Gasteiger partial charge on any atom is -0.481 e. The summed E-state index contributed by atoms with van der Waals surface area (Å²) in [4.78, 5) is 4.49. The van der Waals surface area contributed by atoms with Gasteiger partial charge in [-0.1, -0.05) is 36.4 Å². The fourth-order valence-corrected chi connectivity index (χ4v) is 3.22. The second-order valence-corrected chi connectivity index (χ2v) is 5.98. The SMILES string of the molecule is C1=CC(C2C=Cc3cnc4ccccc4c3O2)Oc2ccccc21. The van der Waals surface area contributed by atoms with E-state index in [0.29, 0.717) is 0 Å². The van der Waals surface area contributed by atoms with Crippen LogP contribution in [0.25, 0.3) is 23.1 Å². The van der Waals surface area contributed by atoms with Crippen molar-refractivity contribution in [3.8, 4) is 11.5 Å². The molecule has 1 aromatic heterocycles. The zero-order valence-corrected chi connectivity index (χ0v) is 12.9. The lowest BCUT2D eigenvalue weighted by Gasteiger charge is -2.30. The molecule has 0 saturated heterocycles. The molecule has 24 heavy (non-hydrogen) atoms. The van der Waals surface area contributed by atoms with Gasteiger partial charge in [0.1, 0.15) is 11.5 Å². The van der Waals surface area contributed by atoms with Gasteiger partial charge in [0.25, 0.3) is 0 Å². The quantitative estimate of drug-likeness (QED) is 0.663. The monoisotopic (exact) mass is 313 g/mol. The Bertz CT molecular complexity index is 990. The summed E-state index contributed by atoms with van der Waals surface area (Å²) in [5.41, 5.74) is 3.05. The average Bonchev–Trinajstić information content (AvgIpc) is 2.67. The minimum atomic E-state index is -0.159. The van der Waals surface area contributed by atoms with Gasteiger partial charge in [-0.3, -0.25) is 4.98 Å². The number of rotatable bonds is 1. The smallest absolute Gasteiger partial charge is 0.158 e. The molecule has 2 aliphatic rings. The maximum atomic E-state index is 6.30. The Morgan fingerprint density at radius 3 is 2.46 bits per heavy atom. The van der Waals surface area contributed by atoms with Crippen molar-refractivity contribution in [2.24, 2.45) is 0 Å². The normalized spacial score (nSPS) is 20.8. The summed E-state index contributed by atoms with van der Waals surface area (Å²) in [5.74, 6) is 1.77. The van der Waals surface area contributed by atoms with Crippen molar-refractivity contribution in [2.45, 2.75) is 12.2 Å². The van der Waals surface area contributed by atoms with Crippen LogP contribution in [0.5, 0.6) is 11.5 Å². The van der Waals surface area contributed by atoms with E-state index in [0.717, 1.165) is 33.5 Å². The zero-order valence-electron chi connectivity index (χ0n) is 12.9. The predicted molar refractivity (Wildman–Crippen MR) is 95.1 cm³/mol. The van der Waals surface area contributed by atoms with Crippen LogP contribution in [0.3, 0.4) is 0 Å². The van der Waals surface area contributed by atoms with Gasteiger partial charge in [-0.15, -0.1) is 0 Å². The van der Waals surface area contributed by atoms with Crippen molar-refractivity contribution in [3.63, 3.8) is 0 Å². The Balaban J connectivity index is 1.51. The van der Waals surface area contributed by atoms with Crippen molar-refractivity contribution < 1.29 is 9.47 Å². The fourth-order valence-electron chi connectivity index (χ4n) is 3.22. The van der Waals surface area contributed by atoms with Crippen LogP contribution in [0.1, 0.15) is 11.1 Å². The molecule has 2 aliphatic heterocycles. The minimum absolute atomic E-state index is 0.142. The van der Waals surface area contributed by atoms with Gasteiger partial charge in [0.2, 0.25) is 0 Å². The Morgan fingerprint density at radius 2 is 1.50 bits per heavy atom. The van der Waals surface area contributed by atoms with Crippen molar-refractivity contribution in [2.75, 3.05) is 0 Å². The van der Waals surface area contributed by atoms with Crippen molar-refractivity contribution in [3.05, 3.63) is 78.0 Å². The summed E-state index contributed by atoms with van der Waals surface area (Å²) in [6, 6.07) is 16.1. The summed E-state index contributed by atoms with van der Waals surface area (Å²) in [7, 11) is 0. The Hall–Kier alpha value is -3.07. The van der Waals surface area contributed by atoms with E-state index in [1.807, 2.05) is 60.8 Å². The van der Waals surface area contributed by atoms with Crippen LogP contribution in [0.4, 0.5) is 0 Å². The topological polar surface area (TPSA) is 31.4 Å². The first-order valence-electron chi connectivity index (χ1n) is 8.05. The van der Waals surface area contributed by atoms with Crippen LogP contribution in [0.2, 0.25) is 0 Å². The van der Waals surface area contributed by atoms with Crippen LogP contribution in [0, 0.1) is 0 Å². The number of fused-ring (bicyclic) bond motifs is 4. The summed E-state index contributed by atoms with van der Waals surface area (Å²) in [5, 5.41) is 1.03. The Kier molecular flexibility index (Phi) is 2.92.